The third-order valence-electron chi connectivity index (χ3n) is 2.84. The summed E-state index contributed by atoms with van der Waals surface area (Å²) in [6.07, 6.45) is 4.66. The molecule has 1 aliphatic carbocycles. The Balaban J connectivity index is 2.44. The number of rotatable bonds is 1. The summed E-state index contributed by atoms with van der Waals surface area (Å²) in [6.45, 7) is 0. The normalized spacial score (nSPS) is 14.5. The largest absolute Gasteiger partial charge is 0.465 e. The van der Waals surface area contributed by atoms with Crippen molar-refractivity contribution in [1.82, 2.24) is 0 Å². The molecular formula is C12H13BrO2. The van der Waals surface area contributed by atoms with Crippen LogP contribution in [-0.4, -0.2) is 13.1 Å². The molecule has 15 heavy (non-hydrogen) atoms. The molecular weight excluding hydrogens is 256 g/mol. The van der Waals surface area contributed by atoms with Crippen LogP contribution in [0, 0.1) is 0 Å². The molecule has 1 aliphatic rings. The highest BCUT2D eigenvalue weighted by Gasteiger charge is 2.16. The first kappa shape index (κ1) is 10.7. The lowest BCUT2D eigenvalue weighted by Crippen LogP contribution is -2.08. The van der Waals surface area contributed by atoms with Gasteiger partial charge < -0.3 is 4.74 Å². The third kappa shape index (κ3) is 2.07. The summed E-state index contributed by atoms with van der Waals surface area (Å²) in [5.74, 6) is -0.268. The second kappa shape index (κ2) is 4.35. The van der Waals surface area contributed by atoms with E-state index in [1.54, 1.807) is 0 Å². The van der Waals surface area contributed by atoms with Crippen LogP contribution in [0.25, 0.3) is 0 Å². The number of benzene rings is 1. The Labute approximate surface area is 97.8 Å². The van der Waals surface area contributed by atoms with Crippen molar-refractivity contribution in [2.75, 3.05) is 7.11 Å². The van der Waals surface area contributed by atoms with Gasteiger partial charge in [-0.15, -0.1) is 0 Å². The van der Waals surface area contributed by atoms with Crippen LogP contribution >= 0.6 is 15.9 Å². The molecule has 0 heterocycles. The van der Waals surface area contributed by atoms with E-state index in [1.807, 2.05) is 6.07 Å². The van der Waals surface area contributed by atoms with Crippen LogP contribution in [0.4, 0.5) is 0 Å². The fraction of sp³-hybridized carbons (Fsp3) is 0.417. The van der Waals surface area contributed by atoms with Crippen LogP contribution in [0.5, 0.6) is 0 Å². The van der Waals surface area contributed by atoms with Gasteiger partial charge in [-0.2, -0.15) is 0 Å². The number of carbonyl (C=O) groups excluding carboxylic acids is 1. The predicted molar refractivity (Wildman–Crippen MR) is 62.1 cm³/mol. The van der Waals surface area contributed by atoms with E-state index in [1.165, 1.54) is 31.1 Å². The van der Waals surface area contributed by atoms with Crippen molar-refractivity contribution in [3.8, 4) is 0 Å². The molecule has 0 bridgehead atoms. The molecule has 0 saturated heterocycles. The van der Waals surface area contributed by atoms with Gasteiger partial charge in [0.25, 0.3) is 0 Å². The van der Waals surface area contributed by atoms with Crippen LogP contribution in [0.1, 0.15) is 34.3 Å². The summed E-state index contributed by atoms with van der Waals surface area (Å²) in [4.78, 5) is 11.5. The Morgan fingerprint density at radius 1 is 1.27 bits per heavy atom. The highest BCUT2D eigenvalue weighted by molar-refractivity contribution is 9.10. The second-order valence-electron chi connectivity index (χ2n) is 3.80. The number of methoxy groups -OCH3 is 1. The second-order valence-corrected chi connectivity index (χ2v) is 4.65. The number of fused-ring (bicyclic) bond motifs is 1. The maximum atomic E-state index is 11.5. The molecule has 3 heteroatoms. The minimum atomic E-state index is -0.268. The van der Waals surface area contributed by atoms with E-state index in [4.69, 9.17) is 4.74 Å². The zero-order valence-corrected chi connectivity index (χ0v) is 10.3. The van der Waals surface area contributed by atoms with Gasteiger partial charge in [0.15, 0.2) is 0 Å². The lowest BCUT2D eigenvalue weighted by atomic mass is 9.90. The van der Waals surface area contributed by atoms with E-state index in [0.717, 1.165) is 17.3 Å². The average Bonchev–Trinajstić information content (AvgIpc) is 2.27. The van der Waals surface area contributed by atoms with Gasteiger partial charge in [-0.25, -0.2) is 4.79 Å². The van der Waals surface area contributed by atoms with E-state index < -0.39 is 0 Å². The summed E-state index contributed by atoms with van der Waals surface area (Å²) in [7, 11) is 1.41. The summed E-state index contributed by atoms with van der Waals surface area (Å²) in [5.41, 5.74) is 3.30. The molecule has 2 nitrogen and oxygen atoms in total. The molecule has 0 amide bonds. The number of aryl methyl sites for hydroxylation is 2. The molecule has 1 aromatic carbocycles. The van der Waals surface area contributed by atoms with Crippen molar-refractivity contribution in [3.63, 3.8) is 0 Å². The Morgan fingerprint density at radius 2 is 1.87 bits per heavy atom. The lowest BCUT2D eigenvalue weighted by molar-refractivity contribution is 0.0599. The van der Waals surface area contributed by atoms with Gasteiger partial charge in [0, 0.05) is 4.47 Å². The molecule has 1 aromatic rings. The van der Waals surface area contributed by atoms with Gasteiger partial charge in [-0.05, 0) is 64.9 Å². The number of halogens is 1. The average molecular weight is 269 g/mol. The monoisotopic (exact) mass is 268 g/mol. The van der Waals surface area contributed by atoms with Crippen LogP contribution in [0.2, 0.25) is 0 Å². The summed E-state index contributed by atoms with van der Waals surface area (Å²) in [6, 6.07) is 4.02. The van der Waals surface area contributed by atoms with Crippen molar-refractivity contribution < 1.29 is 9.53 Å². The van der Waals surface area contributed by atoms with Gasteiger partial charge in [0.1, 0.15) is 0 Å². The number of hydrogen-bond donors (Lipinski definition) is 0. The van der Waals surface area contributed by atoms with Gasteiger partial charge in [-0.1, -0.05) is 0 Å². The lowest BCUT2D eigenvalue weighted by Gasteiger charge is -2.17. The van der Waals surface area contributed by atoms with Crippen LogP contribution in [0.3, 0.4) is 0 Å². The van der Waals surface area contributed by atoms with Crippen LogP contribution < -0.4 is 0 Å². The van der Waals surface area contributed by atoms with Crippen LogP contribution in [0.15, 0.2) is 16.6 Å². The summed E-state index contributed by atoms with van der Waals surface area (Å²) < 4.78 is 5.58. The first-order valence-electron chi connectivity index (χ1n) is 5.12. The highest BCUT2D eigenvalue weighted by atomic mass is 79.9. The number of ether oxygens (including phenoxy) is 1. The molecule has 0 spiro atoms. The maximum absolute atomic E-state index is 11.5. The molecule has 80 valence electrons. The van der Waals surface area contributed by atoms with E-state index in [0.29, 0.717) is 5.56 Å². The smallest absolute Gasteiger partial charge is 0.339 e. The number of hydrogen-bond acceptors (Lipinski definition) is 2. The van der Waals surface area contributed by atoms with Gasteiger partial charge in [0.2, 0.25) is 0 Å². The van der Waals surface area contributed by atoms with Crippen molar-refractivity contribution in [1.29, 1.82) is 0 Å². The topological polar surface area (TPSA) is 26.3 Å². The number of carbonyl (C=O) groups is 1. The van der Waals surface area contributed by atoms with Gasteiger partial charge in [-0.3, -0.25) is 0 Å². The van der Waals surface area contributed by atoms with E-state index >= 15 is 0 Å². The first-order chi connectivity index (χ1) is 7.22. The Kier molecular flexibility index (Phi) is 3.10. The standard InChI is InChI=1S/C12H13BrO2/c1-15-12(14)10-6-8-4-2-3-5-9(8)7-11(10)13/h6-7H,2-5H2,1H3. The molecule has 2 rings (SSSR count). The zero-order chi connectivity index (χ0) is 10.8. The molecule has 0 aliphatic heterocycles. The maximum Gasteiger partial charge on any atom is 0.339 e. The Morgan fingerprint density at radius 3 is 2.47 bits per heavy atom. The van der Waals surface area contributed by atoms with Crippen molar-refractivity contribution in [2.24, 2.45) is 0 Å². The van der Waals surface area contributed by atoms with Crippen LogP contribution in [-0.2, 0) is 17.6 Å². The number of esters is 1. The Hall–Kier alpha value is -0.830. The molecule has 0 aromatic heterocycles. The van der Waals surface area contributed by atoms with Gasteiger partial charge >= 0.3 is 5.97 Å². The fourth-order valence-electron chi connectivity index (χ4n) is 2.02. The van der Waals surface area contributed by atoms with E-state index in [2.05, 4.69) is 22.0 Å². The molecule has 0 fully saturated rings. The molecule has 0 radical (unpaired) electrons. The predicted octanol–water partition coefficient (Wildman–Crippen LogP) is 3.11. The quantitative estimate of drug-likeness (QED) is 0.732. The molecule has 0 N–H and O–H groups in total. The summed E-state index contributed by atoms with van der Waals surface area (Å²) >= 11 is 3.42. The summed E-state index contributed by atoms with van der Waals surface area (Å²) in [5, 5.41) is 0. The fourth-order valence-corrected chi connectivity index (χ4v) is 2.57. The molecule has 0 unspecified atom stereocenters. The van der Waals surface area contributed by atoms with Crippen molar-refractivity contribution in [2.45, 2.75) is 25.7 Å². The zero-order valence-electron chi connectivity index (χ0n) is 8.68. The van der Waals surface area contributed by atoms with Gasteiger partial charge in [0.05, 0.1) is 12.7 Å². The van der Waals surface area contributed by atoms with Crippen molar-refractivity contribution >= 4 is 21.9 Å². The van der Waals surface area contributed by atoms with Crippen molar-refractivity contribution in [3.05, 3.63) is 33.3 Å². The SMILES string of the molecule is COC(=O)c1cc2c(cc1Br)CCCC2. The van der Waals surface area contributed by atoms with E-state index in [-0.39, 0.29) is 5.97 Å². The third-order valence-corrected chi connectivity index (χ3v) is 3.49. The molecule has 0 atom stereocenters. The molecule has 0 saturated carbocycles. The minimum Gasteiger partial charge on any atom is -0.465 e. The first-order valence-corrected chi connectivity index (χ1v) is 5.91. The highest BCUT2D eigenvalue weighted by Crippen LogP contribution is 2.28. The van der Waals surface area contributed by atoms with E-state index in [9.17, 15) is 4.79 Å². The minimum absolute atomic E-state index is 0.268. The Bertz CT molecular complexity index is 399.